The lowest BCUT2D eigenvalue weighted by Crippen LogP contribution is -2.25. The Balaban J connectivity index is 1.43. The molecule has 0 radical (unpaired) electrons. The fraction of sp³-hybridized carbons (Fsp3) is 0.364. The summed E-state index contributed by atoms with van der Waals surface area (Å²) in [4.78, 5) is 32.2. The van der Waals surface area contributed by atoms with Gasteiger partial charge in [0.15, 0.2) is 11.5 Å². The molecule has 3 heterocycles. The van der Waals surface area contributed by atoms with Crippen molar-refractivity contribution in [2.24, 2.45) is 18.4 Å². The highest BCUT2D eigenvalue weighted by molar-refractivity contribution is 5.97. The van der Waals surface area contributed by atoms with Crippen molar-refractivity contribution < 1.29 is 31.9 Å². The molecule has 0 saturated heterocycles. The number of nitrogens with one attached hydrogen (secondary N) is 2. The summed E-state index contributed by atoms with van der Waals surface area (Å²) in [6, 6.07) is 3.87. The van der Waals surface area contributed by atoms with Gasteiger partial charge in [-0.3, -0.25) is 15.1 Å². The van der Waals surface area contributed by atoms with Crippen LogP contribution in [-0.4, -0.2) is 43.4 Å². The summed E-state index contributed by atoms with van der Waals surface area (Å²) in [7, 11) is 1.50. The molecular weight excluding hydrogens is 486 g/mol. The van der Waals surface area contributed by atoms with Crippen molar-refractivity contribution in [1.29, 1.82) is 0 Å². The third-order valence-electron chi connectivity index (χ3n) is 5.99. The summed E-state index contributed by atoms with van der Waals surface area (Å²) in [6.45, 7) is 2.83. The summed E-state index contributed by atoms with van der Waals surface area (Å²) in [6.07, 6.45) is -2.59. The number of halogens is 4. The first-order valence-electron chi connectivity index (χ1n) is 10.7. The van der Waals surface area contributed by atoms with Gasteiger partial charge < -0.3 is 10.1 Å². The first-order valence-corrected chi connectivity index (χ1v) is 10.7. The van der Waals surface area contributed by atoms with Gasteiger partial charge in [-0.05, 0) is 31.5 Å². The van der Waals surface area contributed by atoms with E-state index in [9.17, 15) is 27.2 Å². The molecule has 1 fully saturated rings. The molecule has 1 saturated carbocycles. The van der Waals surface area contributed by atoms with E-state index in [-0.39, 0.29) is 29.2 Å². The molecule has 4 rings (SSSR count). The van der Waals surface area contributed by atoms with Crippen LogP contribution in [0, 0.1) is 23.1 Å². The lowest BCUT2D eigenvalue weighted by Gasteiger charge is -2.15. The lowest BCUT2D eigenvalue weighted by atomic mass is 10.1. The first-order chi connectivity index (χ1) is 17.0. The number of anilines is 2. The zero-order valence-corrected chi connectivity index (χ0v) is 19.3. The van der Waals surface area contributed by atoms with E-state index in [4.69, 9.17) is 4.74 Å². The van der Waals surface area contributed by atoms with Crippen LogP contribution < -0.4 is 10.6 Å². The van der Waals surface area contributed by atoms with E-state index < -0.39 is 47.6 Å². The van der Waals surface area contributed by atoms with E-state index in [1.165, 1.54) is 43.9 Å². The Kier molecular flexibility index (Phi) is 6.61. The molecule has 3 aromatic heterocycles. The van der Waals surface area contributed by atoms with Crippen molar-refractivity contribution in [3.8, 4) is 11.4 Å². The van der Waals surface area contributed by atoms with E-state index in [2.05, 4.69) is 30.9 Å². The molecule has 1 aliphatic rings. The Morgan fingerprint density at radius 2 is 1.94 bits per heavy atom. The molecule has 2 amide bonds. The number of hydrogen-bond donors (Lipinski definition) is 2. The number of carbonyl (C=O) groups excluding carboxylic acids is 2. The van der Waals surface area contributed by atoms with E-state index in [1.54, 1.807) is 0 Å². The van der Waals surface area contributed by atoms with Gasteiger partial charge in [0, 0.05) is 13.0 Å². The first kappa shape index (κ1) is 25.0. The predicted molar refractivity (Wildman–Crippen MR) is 118 cm³/mol. The zero-order chi connectivity index (χ0) is 26.2. The molecule has 3 aromatic rings. The average molecular weight is 507 g/mol. The molecule has 10 nitrogen and oxygen atoms in total. The molecule has 36 heavy (non-hydrogen) atoms. The fourth-order valence-corrected chi connectivity index (χ4v) is 3.65. The third kappa shape index (κ3) is 4.97. The smallest absolute Gasteiger partial charge is 0.413 e. The summed E-state index contributed by atoms with van der Waals surface area (Å²) in [5, 5.41) is 12.8. The fourth-order valence-electron chi connectivity index (χ4n) is 3.65. The SMILES string of the molecule is C[C@@H](OC(=O)Nc1c(-c2ccc(NC(=O)[C@]3(C)C[C@H]3C(F)F)cn2)nnn1C)c1cc(F)cnc1F. The molecule has 190 valence electrons. The van der Waals surface area contributed by atoms with E-state index in [0.717, 1.165) is 6.07 Å². The topological polar surface area (TPSA) is 124 Å². The molecule has 0 aliphatic heterocycles. The van der Waals surface area contributed by atoms with Crippen LogP contribution >= 0.6 is 0 Å². The summed E-state index contributed by atoms with van der Waals surface area (Å²) in [5.74, 6) is -3.16. The van der Waals surface area contributed by atoms with Gasteiger partial charge >= 0.3 is 6.09 Å². The van der Waals surface area contributed by atoms with Gasteiger partial charge in [0.25, 0.3) is 0 Å². The minimum Gasteiger partial charge on any atom is -0.441 e. The van der Waals surface area contributed by atoms with Crippen molar-refractivity contribution in [3.63, 3.8) is 0 Å². The normalized spacial score (nSPS) is 19.6. The van der Waals surface area contributed by atoms with E-state index >= 15 is 0 Å². The summed E-state index contributed by atoms with van der Waals surface area (Å²) < 4.78 is 59.4. The molecule has 3 atom stereocenters. The van der Waals surface area contributed by atoms with Crippen LogP contribution in [0.2, 0.25) is 0 Å². The van der Waals surface area contributed by atoms with Crippen molar-refractivity contribution in [3.05, 3.63) is 47.9 Å². The number of carbonyl (C=O) groups is 2. The van der Waals surface area contributed by atoms with Gasteiger partial charge in [0.2, 0.25) is 18.3 Å². The summed E-state index contributed by atoms with van der Waals surface area (Å²) in [5.41, 5.74) is -0.648. The Morgan fingerprint density at radius 1 is 1.19 bits per heavy atom. The number of hydrogen-bond acceptors (Lipinski definition) is 7. The number of amides is 2. The van der Waals surface area contributed by atoms with Crippen molar-refractivity contribution in [2.45, 2.75) is 32.8 Å². The van der Waals surface area contributed by atoms with Crippen LogP contribution in [0.1, 0.15) is 31.9 Å². The van der Waals surface area contributed by atoms with Gasteiger partial charge in [-0.1, -0.05) is 12.1 Å². The minimum atomic E-state index is -2.57. The molecule has 0 spiro atoms. The number of rotatable bonds is 7. The van der Waals surface area contributed by atoms with Crippen LogP contribution in [0.5, 0.6) is 0 Å². The Bertz CT molecular complexity index is 1300. The van der Waals surface area contributed by atoms with Crippen molar-refractivity contribution in [1.82, 2.24) is 25.0 Å². The standard InChI is InChI=1S/C22H21F4N7O3/c1-10(13-6-11(23)8-28-18(13)26)36-21(35)30-19-16(31-32-33(19)3)15-5-4-12(9-27-15)29-20(34)22(2)7-14(22)17(24)25/h4-6,8-10,14,17H,7H2,1-3H3,(H,29,34)(H,30,35)/t10-,14+,22-/m1/s1. The molecular formula is C22H21F4N7O3. The average Bonchev–Trinajstić information content (AvgIpc) is 3.42. The summed E-state index contributed by atoms with van der Waals surface area (Å²) >= 11 is 0. The van der Waals surface area contributed by atoms with Gasteiger partial charge in [-0.25, -0.2) is 27.6 Å². The Labute approximate surface area is 202 Å². The molecule has 0 unspecified atom stereocenters. The number of alkyl halides is 2. The quantitative estimate of drug-likeness (QED) is 0.365. The van der Waals surface area contributed by atoms with E-state index in [1.807, 2.05) is 0 Å². The second-order valence-electron chi connectivity index (χ2n) is 8.57. The molecule has 14 heteroatoms. The largest absolute Gasteiger partial charge is 0.441 e. The number of nitrogens with zero attached hydrogens (tertiary/aromatic N) is 5. The molecule has 0 bridgehead atoms. The highest BCUT2D eigenvalue weighted by Gasteiger charge is 2.60. The maximum atomic E-state index is 13.9. The maximum absolute atomic E-state index is 13.9. The minimum absolute atomic E-state index is 0.0968. The highest BCUT2D eigenvalue weighted by Crippen LogP contribution is 2.55. The second kappa shape index (κ2) is 9.51. The van der Waals surface area contributed by atoms with Gasteiger partial charge in [-0.15, -0.1) is 5.10 Å². The van der Waals surface area contributed by atoms with Crippen LogP contribution in [0.3, 0.4) is 0 Å². The van der Waals surface area contributed by atoms with Crippen LogP contribution in [0.15, 0.2) is 30.6 Å². The van der Waals surface area contributed by atoms with Crippen LogP contribution in [0.4, 0.5) is 33.9 Å². The molecule has 0 aromatic carbocycles. The van der Waals surface area contributed by atoms with Gasteiger partial charge in [0.1, 0.15) is 11.9 Å². The van der Waals surface area contributed by atoms with Crippen molar-refractivity contribution >= 4 is 23.5 Å². The molecule has 1 aliphatic carbocycles. The predicted octanol–water partition coefficient (Wildman–Crippen LogP) is 4.09. The van der Waals surface area contributed by atoms with Gasteiger partial charge in [0.05, 0.1) is 34.8 Å². The van der Waals surface area contributed by atoms with Crippen molar-refractivity contribution in [2.75, 3.05) is 10.6 Å². The maximum Gasteiger partial charge on any atom is 0.413 e. The zero-order valence-electron chi connectivity index (χ0n) is 19.3. The highest BCUT2D eigenvalue weighted by atomic mass is 19.3. The van der Waals surface area contributed by atoms with E-state index in [0.29, 0.717) is 11.9 Å². The Hall–Kier alpha value is -4.10. The van der Waals surface area contributed by atoms with Gasteiger partial charge in [-0.2, -0.15) is 4.39 Å². The number of aromatic nitrogens is 5. The molecule has 2 N–H and O–H groups in total. The number of aryl methyl sites for hydroxylation is 1. The number of ether oxygens (including phenoxy) is 1. The van der Waals surface area contributed by atoms with Crippen LogP contribution in [-0.2, 0) is 16.6 Å². The lowest BCUT2D eigenvalue weighted by molar-refractivity contribution is -0.121. The van der Waals surface area contributed by atoms with Crippen LogP contribution in [0.25, 0.3) is 11.4 Å². The second-order valence-corrected chi connectivity index (χ2v) is 8.57. The monoisotopic (exact) mass is 507 g/mol. The number of pyridine rings is 2. The Morgan fingerprint density at radius 3 is 2.58 bits per heavy atom. The third-order valence-corrected chi connectivity index (χ3v) is 5.99.